The minimum Gasteiger partial charge on any atom is -0.481 e. The van der Waals surface area contributed by atoms with Crippen LogP contribution in [0.2, 0.25) is 5.31 Å². The highest BCUT2D eigenvalue weighted by Gasteiger charge is 2.32. The van der Waals surface area contributed by atoms with Gasteiger partial charge in [0.25, 0.3) is 0 Å². The van der Waals surface area contributed by atoms with Gasteiger partial charge in [0, 0.05) is 5.31 Å². The van der Waals surface area contributed by atoms with Crippen LogP contribution in [0.1, 0.15) is 32.6 Å². The molecule has 1 atom stereocenters. The van der Waals surface area contributed by atoms with Crippen LogP contribution in [0.25, 0.3) is 0 Å². The van der Waals surface area contributed by atoms with Gasteiger partial charge in [-0.25, -0.2) is 13.6 Å². The number of aliphatic carboxylic acids is 1. The molecule has 0 aromatic heterocycles. The quantitative estimate of drug-likeness (QED) is 0.664. The molecule has 0 aliphatic heterocycles. The smallest absolute Gasteiger partial charge is 0.300 e. The number of sulfonamides is 1. The number of rotatable bonds is 7. The molecule has 0 bridgehead atoms. The Labute approximate surface area is 104 Å². The Kier molecular flexibility index (Phi) is 8.08. The van der Waals surface area contributed by atoms with E-state index >= 15 is 0 Å². The molecule has 0 spiro atoms. The average molecular weight is 270 g/mol. The van der Waals surface area contributed by atoms with Gasteiger partial charge in [-0.05, 0) is 12.8 Å². The Balaban J connectivity index is 0. The van der Waals surface area contributed by atoms with Crippen LogP contribution in [-0.2, 0) is 14.8 Å². The molecule has 0 aromatic carbocycles. The first-order valence-corrected chi connectivity index (χ1v) is 6.45. The number of hydrogen-bond acceptors (Lipinski definition) is 3. The zero-order valence-corrected chi connectivity index (χ0v) is 10.8. The van der Waals surface area contributed by atoms with Crippen molar-refractivity contribution in [2.45, 2.75) is 37.9 Å². The van der Waals surface area contributed by atoms with Gasteiger partial charge in [0.1, 0.15) is 0 Å². The third kappa shape index (κ3) is 7.08. The van der Waals surface area contributed by atoms with Crippen LogP contribution < -0.4 is 5.14 Å². The molecular weight excluding hydrogens is 252 g/mol. The Morgan fingerprint density at radius 3 is 2.25 bits per heavy atom. The van der Waals surface area contributed by atoms with E-state index in [0.29, 0.717) is 6.42 Å². The number of hydrogen-bond donors (Lipinski definition) is 2. The van der Waals surface area contributed by atoms with Gasteiger partial charge in [-0.15, -0.1) is 12.4 Å². The normalized spacial score (nSPS) is 14.9. The number of nitrogens with two attached hydrogens (primary N) is 1. The first-order valence-electron chi connectivity index (χ1n) is 4.74. The maximum Gasteiger partial charge on any atom is 0.300 e. The molecule has 0 saturated heterocycles. The second-order valence-corrected chi connectivity index (χ2v) is 5.42. The lowest BCUT2D eigenvalue weighted by molar-refractivity contribution is -0.141. The van der Waals surface area contributed by atoms with Gasteiger partial charge in [0.05, 0.1) is 13.6 Å². The number of unbranched alkanes of at least 4 members (excludes halogenated alkanes) is 1. The van der Waals surface area contributed by atoms with Crippen molar-refractivity contribution in [1.82, 2.24) is 0 Å². The van der Waals surface area contributed by atoms with Gasteiger partial charge >= 0.3 is 5.97 Å². The Morgan fingerprint density at radius 1 is 1.44 bits per heavy atom. The summed E-state index contributed by atoms with van der Waals surface area (Å²) in [6, 6.07) is 0. The number of halogens is 1. The lowest BCUT2D eigenvalue weighted by Gasteiger charge is -2.24. The largest absolute Gasteiger partial charge is 0.481 e. The lowest BCUT2D eigenvalue weighted by atomic mass is 9.64. The molecule has 0 saturated carbocycles. The van der Waals surface area contributed by atoms with Crippen molar-refractivity contribution >= 4 is 36.2 Å². The van der Waals surface area contributed by atoms with Crippen molar-refractivity contribution in [2.24, 2.45) is 5.14 Å². The zero-order chi connectivity index (χ0) is 12.1. The van der Waals surface area contributed by atoms with Crippen LogP contribution in [0.3, 0.4) is 0 Å². The number of carboxylic acid groups (broad SMARTS) is 1. The van der Waals surface area contributed by atoms with Crippen molar-refractivity contribution < 1.29 is 18.3 Å². The van der Waals surface area contributed by atoms with Crippen LogP contribution in [0, 0.1) is 0 Å². The van der Waals surface area contributed by atoms with E-state index in [1.165, 1.54) is 0 Å². The molecule has 2 radical (unpaired) electrons. The molecule has 0 aliphatic rings. The summed E-state index contributed by atoms with van der Waals surface area (Å²) in [7, 11) is 1.96. The first-order chi connectivity index (χ1) is 6.71. The standard InChI is InChI=1S/C8H16BNO4S.ClH/c1-2-3-4-8(9,7(11)12)5-6-15(10,13)14;/h2-6H2,1H3,(H,11,12)(H2,10,13,14);1H. The summed E-state index contributed by atoms with van der Waals surface area (Å²) in [6.45, 7) is 1.90. The summed E-state index contributed by atoms with van der Waals surface area (Å²) in [5, 5.41) is 12.2. The fraction of sp³-hybridized carbons (Fsp3) is 0.875. The number of carboxylic acids is 1. The second-order valence-electron chi connectivity index (χ2n) is 3.68. The van der Waals surface area contributed by atoms with Crippen molar-refractivity contribution in [1.29, 1.82) is 0 Å². The number of carbonyl (C=O) groups is 1. The van der Waals surface area contributed by atoms with E-state index in [1.54, 1.807) is 0 Å². The van der Waals surface area contributed by atoms with E-state index in [2.05, 4.69) is 0 Å². The monoisotopic (exact) mass is 269 g/mol. The minimum absolute atomic E-state index is 0. The zero-order valence-electron chi connectivity index (χ0n) is 9.18. The molecule has 0 amide bonds. The molecule has 8 heteroatoms. The van der Waals surface area contributed by atoms with E-state index < -0.39 is 27.1 Å². The molecule has 0 fully saturated rings. The Bertz CT molecular complexity index is 322. The number of primary sulfonamides is 1. The molecular formula is C8H17BClNO4S. The highest BCUT2D eigenvalue weighted by Crippen LogP contribution is 2.33. The van der Waals surface area contributed by atoms with E-state index in [1.807, 2.05) is 6.92 Å². The minimum atomic E-state index is -3.66. The van der Waals surface area contributed by atoms with Crippen LogP contribution in [0.4, 0.5) is 0 Å². The predicted molar refractivity (Wildman–Crippen MR) is 65.4 cm³/mol. The predicted octanol–water partition coefficient (Wildman–Crippen LogP) is 0.689. The maximum absolute atomic E-state index is 10.9. The van der Waals surface area contributed by atoms with E-state index in [-0.39, 0.29) is 25.2 Å². The van der Waals surface area contributed by atoms with Crippen molar-refractivity contribution in [3.8, 4) is 0 Å². The van der Waals surface area contributed by atoms with Gasteiger partial charge in [0.2, 0.25) is 10.0 Å². The fourth-order valence-electron chi connectivity index (χ4n) is 1.16. The molecule has 94 valence electrons. The highest BCUT2D eigenvalue weighted by molar-refractivity contribution is 7.89. The van der Waals surface area contributed by atoms with Crippen molar-refractivity contribution in [3.63, 3.8) is 0 Å². The Hall–Kier alpha value is -0.265. The summed E-state index contributed by atoms with van der Waals surface area (Å²) in [6.07, 6.45) is 1.56. The van der Waals surface area contributed by atoms with Crippen LogP contribution in [0.15, 0.2) is 0 Å². The highest BCUT2D eigenvalue weighted by atomic mass is 35.5. The van der Waals surface area contributed by atoms with Crippen molar-refractivity contribution in [2.75, 3.05) is 5.75 Å². The molecule has 1 unspecified atom stereocenters. The third-order valence-corrected chi connectivity index (χ3v) is 3.01. The molecule has 0 aliphatic carbocycles. The van der Waals surface area contributed by atoms with Crippen LogP contribution >= 0.6 is 12.4 Å². The molecule has 0 aromatic rings. The van der Waals surface area contributed by atoms with E-state index in [0.717, 1.165) is 6.42 Å². The molecule has 3 N–H and O–H groups in total. The van der Waals surface area contributed by atoms with Gasteiger partial charge in [-0.1, -0.05) is 19.8 Å². The van der Waals surface area contributed by atoms with Crippen molar-refractivity contribution in [3.05, 3.63) is 0 Å². The van der Waals surface area contributed by atoms with Gasteiger partial charge in [0.15, 0.2) is 0 Å². The van der Waals surface area contributed by atoms with E-state index in [4.69, 9.17) is 18.1 Å². The average Bonchev–Trinajstić information content (AvgIpc) is 2.10. The second kappa shape index (κ2) is 7.14. The maximum atomic E-state index is 10.9. The van der Waals surface area contributed by atoms with E-state index in [9.17, 15) is 13.2 Å². The van der Waals surface area contributed by atoms with Gasteiger partial charge in [-0.2, -0.15) is 0 Å². The fourth-order valence-corrected chi connectivity index (χ4v) is 1.80. The van der Waals surface area contributed by atoms with Crippen LogP contribution in [-0.4, -0.2) is 33.1 Å². The SMILES string of the molecule is Cl.[B]C(CCCC)(CCS(N)(=O)=O)C(=O)O. The summed E-state index contributed by atoms with van der Waals surface area (Å²) >= 11 is 0. The lowest BCUT2D eigenvalue weighted by Crippen LogP contribution is -2.29. The van der Waals surface area contributed by atoms with Gasteiger partial charge < -0.3 is 5.11 Å². The summed E-state index contributed by atoms with van der Waals surface area (Å²) in [4.78, 5) is 10.9. The third-order valence-electron chi connectivity index (χ3n) is 2.24. The summed E-state index contributed by atoms with van der Waals surface area (Å²) < 4.78 is 21.4. The van der Waals surface area contributed by atoms with Gasteiger partial charge in [-0.3, -0.25) is 4.79 Å². The molecule has 16 heavy (non-hydrogen) atoms. The summed E-state index contributed by atoms with van der Waals surface area (Å²) in [5.74, 6) is -1.58. The first kappa shape index (κ1) is 18.1. The Morgan fingerprint density at radius 2 is 1.94 bits per heavy atom. The molecule has 5 nitrogen and oxygen atoms in total. The van der Waals surface area contributed by atoms with Crippen LogP contribution in [0.5, 0.6) is 0 Å². The summed E-state index contributed by atoms with van der Waals surface area (Å²) in [5.41, 5.74) is 0. The molecule has 0 heterocycles. The topological polar surface area (TPSA) is 97.5 Å². The molecule has 0 rings (SSSR count).